The van der Waals surface area contributed by atoms with Crippen LogP contribution in [0.15, 0.2) is 54.8 Å². The molecule has 0 atom stereocenters. The molecule has 1 amide bonds. The van der Waals surface area contributed by atoms with Crippen molar-refractivity contribution in [3.8, 4) is 0 Å². The molecule has 0 aliphatic carbocycles. The monoisotopic (exact) mass is 358 g/mol. The predicted molar refractivity (Wildman–Crippen MR) is 107 cm³/mol. The van der Waals surface area contributed by atoms with Gasteiger partial charge >= 0.3 is 0 Å². The van der Waals surface area contributed by atoms with E-state index >= 15 is 0 Å². The van der Waals surface area contributed by atoms with E-state index in [1.165, 1.54) is 0 Å². The summed E-state index contributed by atoms with van der Waals surface area (Å²) >= 11 is 0. The molecule has 2 heterocycles. The Kier molecular flexibility index (Phi) is 4.63. The van der Waals surface area contributed by atoms with Crippen LogP contribution < -0.4 is 10.6 Å². The molecule has 0 fully saturated rings. The second kappa shape index (κ2) is 7.23. The standard InChI is InChI=1S/C21H19BN2O3/c1-13(11-22)26-9-8-23-15-6-7-16-14(10-15)12-27-20(16)19-17-4-2-3-5-18(17)24-21(19)25/h2-7,10,23H,1,8-9,11-12H2,(H,24,25)/b20-19+. The van der Waals surface area contributed by atoms with E-state index < -0.39 is 0 Å². The number of carbonyl (C=O) groups is 1. The molecule has 0 spiro atoms. The van der Waals surface area contributed by atoms with E-state index in [2.05, 4.69) is 17.2 Å². The smallest absolute Gasteiger partial charge is 0.260 e. The molecule has 2 aromatic rings. The quantitative estimate of drug-likeness (QED) is 0.359. The molecule has 2 aliphatic heterocycles. The molecular formula is C21H19BN2O3. The number of fused-ring (bicyclic) bond motifs is 2. The van der Waals surface area contributed by atoms with E-state index in [4.69, 9.17) is 17.3 Å². The van der Waals surface area contributed by atoms with Gasteiger partial charge in [0.25, 0.3) is 5.91 Å². The van der Waals surface area contributed by atoms with Gasteiger partial charge in [-0.15, -0.1) is 0 Å². The third-order valence-corrected chi connectivity index (χ3v) is 4.59. The number of rotatable bonds is 6. The molecule has 2 aliphatic rings. The Balaban J connectivity index is 1.54. The number of amides is 1. The second-order valence-electron chi connectivity index (χ2n) is 6.38. The number of allylic oxidation sites excluding steroid dienone is 1. The van der Waals surface area contributed by atoms with Crippen molar-refractivity contribution in [2.75, 3.05) is 23.8 Å². The molecule has 0 aromatic heterocycles. The van der Waals surface area contributed by atoms with E-state index in [0.29, 0.717) is 43.2 Å². The molecule has 6 heteroatoms. The van der Waals surface area contributed by atoms with Gasteiger partial charge in [0.1, 0.15) is 19.0 Å². The van der Waals surface area contributed by atoms with Crippen molar-refractivity contribution in [3.05, 3.63) is 71.5 Å². The van der Waals surface area contributed by atoms with Crippen molar-refractivity contribution in [2.24, 2.45) is 0 Å². The van der Waals surface area contributed by atoms with Crippen molar-refractivity contribution in [1.82, 2.24) is 0 Å². The van der Waals surface area contributed by atoms with Crippen LogP contribution in [0.3, 0.4) is 0 Å². The van der Waals surface area contributed by atoms with Gasteiger partial charge in [0, 0.05) is 34.6 Å². The number of para-hydroxylation sites is 1. The van der Waals surface area contributed by atoms with Crippen molar-refractivity contribution < 1.29 is 14.3 Å². The lowest BCUT2D eigenvalue weighted by atomic mass is 10.0. The van der Waals surface area contributed by atoms with Crippen LogP contribution in [0, 0.1) is 0 Å². The molecule has 0 saturated heterocycles. The Morgan fingerprint density at radius 2 is 2.11 bits per heavy atom. The Labute approximate surface area is 159 Å². The van der Waals surface area contributed by atoms with Crippen LogP contribution in [-0.2, 0) is 20.9 Å². The third-order valence-electron chi connectivity index (χ3n) is 4.59. The summed E-state index contributed by atoms with van der Waals surface area (Å²) in [5, 5.41) is 6.20. The first kappa shape index (κ1) is 17.3. The van der Waals surface area contributed by atoms with Crippen LogP contribution in [0.25, 0.3) is 11.3 Å². The predicted octanol–water partition coefficient (Wildman–Crippen LogP) is 3.57. The highest BCUT2D eigenvalue weighted by Crippen LogP contribution is 2.41. The first-order valence-corrected chi connectivity index (χ1v) is 8.83. The first-order valence-electron chi connectivity index (χ1n) is 8.83. The van der Waals surface area contributed by atoms with Gasteiger partial charge in [-0.25, -0.2) is 0 Å². The van der Waals surface area contributed by atoms with Gasteiger partial charge in [-0.3, -0.25) is 4.79 Å². The largest absolute Gasteiger partial charge is 0.498 e. The minimum atomic E-state index is -0.126. The number of nitrogens with one attached hydrogen (secondary N) is 2. The number of carbonyl (C=O) groups excluding carboxylic acids is 1. The van der Waals surface area contributed by atoms with Crippen LogP contribution in [0.1, 0.15) is 16.7 Å². The average molecular weight is 358 g/mol. The molecule has 2 radical (unpaired) electrons. The fourth-order valence-corrected chi connectivity index (χ4v) is 3.27. The van der Waals surface area contributed by atoms with E-state index in [1.54, 1.807) is 0 Å². The minimum Gasteiger partial charge on any atom is -0.498 e. The number of hydrogen-bond acceptors (Lipinski definition) is 4. The number of benzene rings is 2. The van der Waals surface area contributed by atoms with Gasteiger partial charge < -0.3 is 20.1 Å². The fraction of sp³-hybridized carbons (Fsp3) is 0.190. The molecule has 5 nitrogen and oxygen atoms in total. The van der Waals surface area contributed by atoms with Crippen LogP contribution in [0.4, 0.5) is 11.4 Å². The van der Waals surface area contributed by atoms with Crippen molar-refractivity contribution in [2.45, 2.75) is 12.9 Å². The summed E-state index contributed by atoms with van der Waals surface area (Å²) in [5.74, 6) is 1.09. The topological polar surface area (TPSA) is 59.6 Å². The van der Waals surface area contributed by atoms with Gasteiger partial charge in [0.05, 0.1) is 19.2 Å². The maximum atomic E-state index is 12.5. The summed E-state index contributed by atoms with van der Waals surface area (Å²) in [4.78, 5) is 12.5. The van der Waals surface area contributed by atoms with Crippen molar-refractivity contribution in [1.29, 1.82) is 0 Å². The molecular weight excluding hydrogens is 339 g/mol. The highest BCUT2D eigenvalue weighted by molar-refractivity contribution is 6.36. The van der Waals surface area contributed by atoms with Gasteiger partial charge in [0.15, 0.2) is 0 Å². The van der Waals surface area contributed by atoms with Gasteiger partial charge in [-0.05, 0) is 30.6 Å². The van der Waals surface area contributed by atoms with E-state index in [-0.39, 0.29) is 5.91 Å². The van der Waals surface area contributed by atoms with Crippen LogP contribution in [0.5, 0.6) is 0 Å². The average Bonchev–Trinajstić information content (AvgIpc) is 3.24. The van der Waals surface area contributed by atoms with Crippen LogP contribution in [0.2, 0.25) is 6.32 Å². The summed E-state index contributed by atoms with van der Waals surface area (Å²) in [7, 11) is 5.44. The van der Waals surface area contributed by atoms with Gasteiger partial charge in [0.2, 0.25) is 0 Å². The fourth-order valence-electron chi connectivity index (χ4n) is 3.27. The highest BCUT2D eigenvalue weighted by Gasteiger charge is 2.32. The van der Waals surface area contributed by atoms with E-state index in [0.717, 1.165) is 28.1 Å². The molecule has 0 unspecified atom stereocenters. The summed E-state index contributed by atoms with van der Waals surface area (Å²) in [6.07, 6.45) is 0.324. The third kappa shape index (κ3) is 3.30. The Morgan fingerprint density at radius 3 is 2.96 bits per heavy atom. The highest BCUT2D eigenvalue weighted by atomic mass is 16.5. The Morgan fingerprint density at radius 1 is 1.26 bits per heavy atom. The first-order chi connectivity index (χ1) is 13.2. The number of ether oxygens (including phenoxy) is 2. The molecule has 2 aromatic carbocycles. The van der Waals surface area contributed by atoms with Gasteiger partial charge in [-0.1, -0.05) is 24.8 Å². The van der Waals surface area contributed by atoms with E-state index in [9.17, 15) is 4.79 Å². The second-order valence-corrected chi connectivity index (χ2v) is 6.38. The lowest BCUT2D eigenvalue weighted by Gasteiger charge is -2.10. The number of anilines is 2. The summed E-state index contributed by atoms with van der Waals surface area (Å²) < 4.78 is 11.3. The zero-order chi connectivity index (χ0) is 18.8. The summed E-state index contributed by atoms with van der Waals surface area (Å²) in [5.41, 5.74) is 5.27. The lowest BCUT2D eigenvalue weighted by molar-refractivity contribution is -0.110. The minimum absolute atomic E-state index is 0.126. The molecule has 4 rings (SSSR count). The molecule has 0 bridgehead atoms. The number of hydrogen-bond donors (Lipinski definition) is 2. The zero-order valence-electron chi connectivity index (χ0n) is 14.9. The Hall–Kier alpha value is -3.15. The zero-order valence-corrected chi connectivity index (χ0v) is 14.9. The normalized spacial score (nSPS) is 17.0. The Bertz CT molecular complexity index is 952. The van der Waals surface area contributed by atoms with Crippen LogP contribution >= 0.6 is 0 Å². The van der Waals surface area contributed by atoms with Gasteiger partial charge in [-0.2, -0.15) is 0 Å². The summed E-state index contributed by atoms with van der Waals surface area (Å²) in [6, 6.07) is 13.7. The maximum Gasteiger partial charge on any atom is 0.260 e. The van der Waals surface area contributed by atoms with E-state index in [1.807, 2.05) is 42.5 Å². The molecule has 134 valence electrons. The summed E-state index contributed by atoms with van der Waals surface area (Å²) in [6.45, 7) is 5.29. The van der Waals surface area contributed by atoms with Crippen molar-refractivity contribution in [3.63, 3.8) is 0 Å². The lowest BCUT2D eigenvalue weighted by Crippen LogP contribution is -2.09. The maximum absolute atomic E-state index is 12.5. The molecule has 0 saturated carbocycles. The molecule has 27 heavy (non-hydrogen) atoms. The molecule has 2 N–H and O–H groups in total. The van der Waals surface area contributed by atoms with Crippen LogP contribution in [-0.4, -0.2) is 26.9 Å². The SMILES string of the molecule is [B]CC(=C)OCCNc1ccc2c(c1)CO/C2=C1/C(=O)Nc2ccccc21. The van der Waals surface area contributed by atoms with Crippen molar-refractivity contribution >= 4 is 36.5 Å².